The zero-order valence-corrected chi connectivity index (χ0v) is 13.5. The summed E-state index contributed by atoms with van der Waals surface area (Å²) in [5.74, 6) is 1.12. The Morgan fingerprint density at radius 3 is 2.95 bits per heavy atom. The monoisotopic (exact) mass is 345 g/mol. The van der Waals surface area contributed by atoms with Crippen LogP contribution in [0.15, 0.2) is 10.7 Å². The smallest absolute Gasteiger partial charge is 0.239 e. The summed E-state index contributed by atoms with van der Waals surface area (Å²) in [5.41, 5.74) is 0. The number of rotatable bonds is 8. The van der Waals surface area contributed by atoms with Crippen molar-refractivity contribution >= 4 is 33.6 Å². The van der Waals surface area contributed by atoms with Crippen LogP contribution < -0.4 is 15.5 Å². The molecular weight excluding hydrogens is 326 g/mol. The largest absolute Gasteiger partial charge is 0.383 e. The molecule has 7 nitrogen and oxygen atoms in total. The molecule has 0 saturated carbocycles. The predicted octanol–water partition coefficient (Wildman–Crippen LogP) is 0.870. The Kier molecular flexibility index (Phi) is 7.24. The van der Waals surface area contributed by atoms with E-state index >= 15 is 0 Å². The quantitative estimate of drug-likeness (QED) is 0.680. The Balaban J connectivity index is 2.63. The van der Waals surface area contributed by atoms with Gasteiger partial charge in [0, 0.05) is 33.4 Å². The van der Waals surface area contributed by atoms with Gasteiger partial charge in [0.1, 0.15) is 5.82 Å². The van der Waals surface area contributed by atoms with Crippen LogP contribution in [-0.4, -0.2) is 56.3 Å². The lowest BCUT2D eigenvalue weighted by Crippen LogP contribution is -2.37. The highest BCUT2D eigenvalue weighted by Crippen LogP contribution is 2.22. The van der Waals surface area contributed by atoms with Crippen LogP contribution in [-0.2, 0) is 9.53 Å². The Morgan fingerprint density at radius 2 is 2.30 bits per heavy atom. The lowest BCUT2D eigenvalue weighted by Gasteiger charge is -2.19. The normalized spacial score (nSPS) is 10.2. The minimum absolute atomic E-state index is 0.0833. The van der Waals surface area contributed by atoms with Gasteiger partial charge >= 0.3 is 0 Å². The lowest BCUT2D eigenvalue weighted by molar-refractivity contribution is -0.119. The van der Waals surface area contributed by atoms with Crippen LogP contribution in [0.5, 0.6) is 0 Å². The first-order valence-corrected chi connectivity index (χ1v) is 7.11. The molecule has 1 amide bonds. The van der Waals surface area contributed by atoms with Crippen LogP contribution in [0.2, 0.25) is 0 Å². The fourth-order valence-corrected chi connectivity index (χ4v) is 2.00. The number of carbonyl (C=O) groups excluding carboxylic acids is 1. The van der Waals surface area contributed by atoms with E-state index in [-0.39, 0.29) is 12.5 Å². The molecule has 20 heavy (non-hydrogen) atoms. The summed E-state index contributed by atoms with van der Waals surface area (Å²) in [4.78, 5) is 22.0. The molecule has 0 radical (unpaired) electrons. The van der Waals surface area contributed by atoms with Gasteiger partial charge < -0.3 is 20.3 Å². The molecule has 0 spiro atoms. The molecule has 8 heteroatoms. The molecule has 1 aromatic heterocycles. The number of nitrogens with one attached hydrogen (secondary N) is 2. The van der Waals surface area contributed by atoms with Gasteiger partial charge in [-0.25, -0.2) is 4.98 Å². The molecule has 0 aromatic carbocycles. The highest BCUT2D eigenvalue weighted by Gasteiger charge is 2.13. The molecule has 0 unspecified atom stereocenters. The molecule has 0 aliphatic carbocycles. The molecule has 2 N–H and O–H groups in total. The number of hydrogen-bond acceptors (Lipinski definition) is 6. The molecule has 1 heterocycles. The molecule has 112 valence electrons. The summed E-state index contributed by atoms with van der Waals surface area (Å²) in [6.07, 6.45) is 1.67. The first kappa shape index (κ1) is 16.6. The van der Waals surface area contributed by atoms with Crippen molar-refractivity contribution < 1.29 is 9.53 Å². The molecule has 0 bridgehead atoms. The molecule has 0 atom stereocenters. The average molecular weight is 346 g/mol. The number of aromatic nitrogens is 2. The fourth-order valence-electron chi connectivity index (χ4n) is 1.51. The van der Waals surface area contributed by atoms with Gasteiger partial charge in [0.25, 0.3) is 0 Å². The van der Waals surface area contributed by atoms with Crippen LogP contribution in [0.1, 0.15) is 6.92 Å². The van der Waals surface area contributed by atoms with Crippen molar-refractivity contribution in [1.82, 2.24) is 15.3 Å². The van der Waals surface area contributed by atoms with Gasteiger partial charge in [0.2, 0.25) is 11.9 Å². The predicted molar refractivity (Wildman–Crippen MR) is 82.1 cm³/mol. The van der Waals surface area contributed by atoms with Crippen LogP contribution >= 0.6 is 15.9 Å². The first-order chi connectivity index (χ1) is 9.58. The van der Waals surface area contributed by atoms with Gasteiger partial charge in [0.15, 0.2) is 0 Å². The number of methoxy groups -OCH3 is 1. The number of hydrogen-bond donors (Lipinski definition) is 2. The van der Waals surface area contributed by atoms with Gasteiger partial charge in [-0.2, -0.15) is 4.98 Å². The molecule has 0 aliphatic rings. The maximum absolute atomic E-state index is 11.7. The van der Waals surface area contributed by atoms with Crippen molar-refractivity contribution in [3.8, 4) is 0 Å². The molecular formula is C12H20BrN5O2. The van der Waals surface area contributed by atoms with Crippen LogP contribution in [0.3, 0.4) is 0 Å². The van der Waals surface area contributed by atoms with Crippen molar-refractivity contribution in [2.75, 3.05) is 50.6 Å². The average Bonchev–Trinajstić information content (AvgIpc) is 2.41. The van der Waals surface area contributed by atoms with E-state index in [0.717, 1.165) is 11.0 Å². The van der Waals surface area contributed by atoms with Crippen LogP contribution in [0.25, 0.3) is 0 Å². The highest BCUT2D eigenvalue weighted by atomic mass is 79.9. The van der Waals surface area contributed by atoms with E-state index in [1.165, 1.54) is 0 Å². The highest BCUT2D eigenvalue weighted by molar-refractivity contribution is 9.10. The SMILES string of the molecule is CCNc1ncc(Br)c(N(C)CC(=O)NCCOC)n1. The third-order valence-electron chi connectivity index (χ3n) is 2.43. The molecule has 0 aliphatic heterocycles. The zero-order valence-electron chi connectivity index (χ0n) is 11.9. The molecule has 0 saturated heterocycles. The van der Waals surface area contributed by atoms with E-state index < -0.39 is 0 Å². The summed E-state index contributed by atoms with van der Waals surface area (Å²) in [6.45, 7) is 3.92. The van der Waals surface area contributed by atoms with Gasteiger partial charge in [-0.15, -0.1) is 0 Å². The van der Waals surface area contributed by atoms with Crippen molar-refractivity contribution in [3.63, 3.8) is 0 Å². The van der Waals surface area contributed by atoms with Crippen molar-refractivity contribution in [2.45, 2.75) is 6.92 Å². The van der Waals surface area contributed by atoms with E-state index in [9.17, 15) is 4.79 Å². The van der Waals surface area contributed by atoms with E-state index in [4.69, 9.17) is 4.74 Å². The first-order valence-electron chi connectivity index (χ1n) is 6.31. The second kappa shape index (κ2) is 8.70. The van der Waals surface area contributed by atoms with Crippen LogP contribution in [0.4, 0.5) is 11.8 Å². The third-order valence-corrected chi connectivity index (χ3v) is 2.99. The minimum Gasteiger partial charge on any atom is -0.383 e. The number of amides is 1. The fraction of sp³-hybridized carbons (Fsp3) is 0.583. The number of carbonyl (C=O) groups is 1. The maximum Gasteiger partial charge on any atom is 0.239 e. The Bertz CT molecular complexity index is 444. The standard InChI is InChI=1S/C12H20BrN5O2/c1-4-14-12-16-7-9(13)11(17-12)18(2)8-10(19)15-5-6-20-3/h7H,4-6,8H2,1-3H3,(H,15,19)(H,14,16,17). The topological polar surface area (TPSA) is 79.4 Å². The third kappa shape index (κ3) is 5.30. The molecule has 0 fully saturated rings. The van der Waals surface area contributed by atoms with E-state index in [2.05, 4.69) is 36.5 Å². The lowest BCUT2D eigenvalue weighted by atomic mass is 10.4. The van der Waals surface area contributed by atoms with Gasteiger partial charge in [0.05, 0.1) is 17.6 Å². The van der Waals surface area contributed by atoms with Gasteiger partial charge in [-0.1, -0.05) is 0 Å². The van der Waals surface area contributed by atoms with E-state index in [1.807, 2.05) is 6.92 Å². The summed E-state index contributed by atoms with van der Waals surface area (Å²) >= 11 is 3.39. The van der Waals surface area contributed by atoms with Crippen molar-refractivity contribution in [1.29, 1.82) is 0 Å². The van der Waals surface area contributed by atoms with Gasteiger partial charge in [-0.05, 0) is 22.9 Å². The zero-order chi connectivity index (χ0) is 15.0. The summed E-state index contributed by atoms with van der Waals surface area (Å²) < 4.78 is 5.62. The number of anilines is 2. The second-order valence-electron chi connectivity index (χ2n) is 4.09. The molecule has 1 rings (SSSR count). The summed E-state index contributed by atoms with van der Waals surface area (Å²) in [5, 5.41) is 5.80. The van der Waals surface area contributed by atoms with E-state index in [0.29, 0.717) is 24.9 Å². The van der Waals surface area contributed by atoms with Crippen molar-refractivity contribution in [2.24, 2.45) is 0 Å². The van der Waals surface area contributed by atoms with Crippen molar-refractivity contribution in [3.05, 3.63) is 10.7 Å². The summed E-state index contributed by atoms with van der Waals surface area (Å²) in [7, 11) is 3.40. The Labute approximate surface area is 127 Å². The van der Waals surface area contributed by atoms with E-state index in [1.54, 1.807) is 25.3 Å². The van der Waals surface area contributed by atoms with Crippen LogP contribution in [0, 0.1) is 0 Å². The van der Waals surface area contributed by atoms with Gasteiger partial charge in [-0.3, -0.25) is 4.79 Å². The maximum atomic E-state index is 11.7. The number of nitrogens with zero attached hydrogens (tertiary/aromatic N) is 3. The summed E-state index contributed by atoms with van der Waals surface area (Å²) in [6, 6.07) is 0. The Hall–Kier alpha value is -1.41. The molecule has 1 aromatic rings. The minimum atomic E-state index is -0.0833. The Morgan fingerprint density at radius 1 is 1.55 bits per heavy atom. The number of halogens is 1. The number of ether oxygens (including phenoxy) is 1. The number of likely N-dealkylation sites (N-methyl/N-ethyl adjacent to an activating group) is 1. The second-order valence-corrected chi connectivity index (χ2v) is 4.95.